The van der Waals surface area contributed by atoms with E-state index < -0.39 is 11.9 Å². The third kappa shape index (κ3) is 3.89. The Bertz CT molecular complexity index is 1460. The number of hydrogen-bond acceptors (Lipinski definition) is 6. The van der Waals surface area contributed by atoms with Crippen molar-refractivity contribution in [2.24, 2.45) is 5.73 Å². The van der Waals surface area contributed by atoms with Crippen LogP contribution >= 0.6 is 0 Å². The first-order valence-corrected chi connectivity index (χ1v) is 10.8. The van der Waals surface area contributed by atoms with Crippen molar-refractivity contribution in [3.63, 3.8) is 0 Å². The number of amides is 1. The van der Waals surface area contributed by atoms with E-state index in [1.165, 1.54) is 19.2 Å². The lowest BCUT2D eigenvalue weighted by atomic mass is 10.1. The molecule has 4 aromatic rings. The Morgan fingerprint density at radius 3 is 2.63 bits per heavy atom. The second-order valence-electron chi connectivity index (χ2n) is 8.27. The van der Waals surface area contributed by atoms with E-state index in [2.05, 4.69) is 9.97 Å². The van der Waals surface area contributed by atoms with E-state index in [1.807, 2.05) is 25.1 Å². The number of nitrogens with zero attached hydrogens (tertiary/aromatic N) is 3. The number of aromatic nitrogens is 2. The number of alkyl halides is 3. The third-order valence-electron chi connectivity index (χ3n) is 6.15. The molecular weight excluding hydrogens is 461 g/mol. The molecule has 0 spiro atoms. The van der Waals surface area contributed by atoms with Crippen molar-refractivity contribution in [2.75, 3.05) is 7.11 Å². The van der Waals surface area contributed by atoms with Crippen LogP contribution in [0.2, 0.25) is 0 Å². The zero-order chi connectivity index (χ0) is 24.9. The van der Waals surface area contributed by atoms with Gasteiger partial charge >= 0.3 is 6.18 Å². The Morgan fingerprint density at radius 2 is 1.94 bits per heavy atom. The minimum atomic E-state index is -4.61. The standard InChI is InChI=1S/C25H21F3N4O3/c1-13-4-3-5-14-11-32(12-17(13)14)24(33)22-19(10-29)35-23(31-22)16-6-8-18(34-2)21-15(16)7-9-20(30-21)25(26,27)28/h3-9H,10-12,29H2,1-2H3. The molecule has 5 rings (SSSR count). The summed E-state index contributed by atoms with van der Waals surface area (Å²) in [5, 5.41) is 0.338. The molecule has 1 aliphatic rings. The molecule has 0 atom stereocenters. The van der Waals surface area contributed by atoms with Gasteiger partial charge in [-0.05, 0) is 47.9 Å². The van der Waals surface area contributed by atoms with E-state index in [-0.39, 0.29) is 41.1 Å². The topological polar surface area (TPSA) is 94.5 Å². The molecular formula is C25H21F3N4O3. The smallest absolute Gasteiger partial charge is 0.433 e. The molecule has 2 N–H and O–H groups in total. The zero-order valence-electron chi connectivity index (χ0n) is 18.9. The summed E-state index contributed by atoms with van der Waals surface area (Å²) in [7, 11) is 1.35. The minimum absolute atomic E-state index is 0.00525. The number of ether oxygens (including phenoxy) is 1. The molecule has 0 fully saturated rings. The van der Waals surface area contributed by atoms with Crippen molar-refractivity contribution >= 4 is 16.8 Å². The molecule has 0 radical (unpaired) electrons. The Kier molecular flexibility index (Phi) is 5.47. The summed E-state index contributed by atoms with van der Waals surface area (Å²) < 4.78 is 50.8. The van der Waals surface area contributed by atoms with E-state index in [1.54, 1.807) is 11.0 Å². The Morgan fingerprint density at radius 1 is 1.14 bits per heavy atom. The Hall–Kier alpha value is -3.92. The number of pyridine rings is 1. The fraction of sp³-hybridized carbons (Fsp3) is 0.240. The maximum atomic E-state index is 13.4. The predicted molar refractivity (Wildman–Crippen MR) is 121 cm³/mol. The van der Waals surface area contributed by atoms with Crippen LogP contribution in [0.5, 0.6) is 5.75 Å². The van der Waals surface area contributed by atoms with Crippen LogP contribution in [-0.4, -0.2) is 27.9 Å². The largest absolute Gasteiger partial charge is 0.494 e. The molecule has 7 nitrogen and oxygen atoms in total. The first-order valence-electron chi connectivity index (χ1n) is 10.8. The molecule has 0 aliphatic carbocycles. The van der Waals surface area contributed by atoms with Crippen LogP contribution in [0.25, 0.3) is 22.4 Å². The SMILES string of the molecule is COc1ccc(-c2nc(C(=O)N3Cc4cccc(C)c4C3)c(CN)o2)c2ccc(C(F)(F)F)nc12. The summed E-state index contributed by atoms with van der Waals surface area (Å²) in [4.78, 5) is 23.2. The van der Waals surface area contributed by atoms with Crippen LogP contribution in [0.3, 0.4) is 0 Å². The average Bonchev–Trinajstić information content (AvgIpc) is 3.47. The summed E-state index contributed by atoms with van der Waals surface area (Å²) in [6, 6.07) is 11.2. The molecule has 2 aromatic carbocycles. The van der Waals surface area contributed by atoms with Crippen molar-refractivity contribution in [1.82, 2.24) is 14.9 Å². The average molecular weight is 482 g/mol. The van der Waals surface area contributed by atoms with Gasteiger partial charge in [0, 0.05) is 24.0 Å². The normalized spacial score (nSPS) is 13.4. The van der Waals surface area contributed by atoms with Crippen LogP contribution in [0.15, 0.2) is 46.9 Å². The number of rotatable bonds is 4. The molecule has 0 saturated carbocycles. The quantitative estimate of drug-likeness (QED) is 0.447. The summed E-state index contributed by atoms with van der Waals surface area (Å²) in [5.41, 5.74) is 8.54. The highest BCUT2D eigenvalue weighted by Gasteiger charge is 2.34. The number of nitrogens with two attached hydrogens (primary N) is 1. The number of halogens is 3. The van der Waals surface area contributed by atoms with E-state index in [0.717, 1.165) is 22.8 Å². The monoisotopic (exact) mass is 482 g/mol. The highest BCUT2D eigenvalue weighted by molar-refractivity contribution is 5.98. The number of fused-ring (bicyclic) bond motifs is 2. The minimum Gasteiger partial charge on any atom is -0.494 e. The lowest BCUT2D eigenvalue weighted by molar-refractivity contribution is -0.140. The third-order valence-corrected chi connectivity index (χ3v) is 6.15. The van der Waals surface area contributed by atoms with Crippen molar-refractivity contribution in [3.8, 4) is 17.2 Å². The van der Waals surface area contributed by atoms with Crippen LogP contribution in [0.4, 0.5) is 13.2 Å². The molecule has 1 amide bonds. The number of hydrogen-bond donors (Lipinski definition) is 1. The maximum Gasteiger partial charge on any atom is 0.433 e. The highest BCUT2D eigenvalue weighted by Crippen LogP contribution is 2.37. The number of carbonyl (C=O) groups excluding carboxylic acids is 1. The number of carbonyl (C=O) groups is 1. The number of benzene rings is 2. The van der Waals surface area contributed by atoms with Gasteiger partial charge in [0.15, 0.2) is 11.5 Å². The van der Waals surface area contributed by atoms with Gasteiger partial charge < -0.3 is 19.8 Å². The van der Waals surface area contributed by atoms with Crippen molar-refractivity contribution in [2.45, 2.75) is 32.7 Å². The lowest BCUT2D eigenvalue weighted by Crippen LogP contribution is -2.27. The Labute approximate surface area is 198 Å². The van der Waals surface area contributed by atoms with Gasteiger partial charge in [0.2, 0.25) is 5.89 Å². The van der Waals surface area contributed by atoms with Crippen LogP contribution in [-0.2, 0) is 25.8 Å². The van der Waals surface area contributed by atoms with E-state index >= 15 is 0 Å². The summed E-state index contributed by atoms with van der Waals surface area (Å²) in [6.45, 7) is 2.82. The van der Waals surface area contributed by atoms with Crippen LogP contribution in [0, 0.1) is 6.92 Å². The van der Waals surface area contributed by atoms with Gasteiger partial charge in [0.05, 0.1) is 13.7 Å². The highest BCUT2D eigenvalue weighted by atomic mass is 19.4. The van der Waals surface area contributed by atoms with Gasteiger partial charge in [-0.15, -0.1) is 0 Å². The van der Waals surface area contributed by atoms with Crippen LogP contribution in [0.1, 0.15) is 38.6 Å². The number of aryl methyl sites for hydroxylation is 1. The first kappa shape index (κ1) is 22.9. The van der Waals surface area contributed by atoms with E-state index in [0.29, 0.717) is 24.0 Å². The van der Waals surface area contributed by atoms with Crippen molar-refractivity contribution in [1.29, 1.82) is 0 Å². The Balaban J connectivity index is 1.56. The molecule has 3 heterocycles. The fourth-order valence-corrected chi connectivity index (χ4v) is 4.36. The van der Waals surface area contributed by atoms with Gasteiger partial charge in [-0.2, -0.15) is 13.2 Å². The molecule has 180 valence electrons. The molecule has 2 aromatic heterocycles. The molecule has 35 heavy (non-hydrogen) atoms. The van der Waals surface area contributed by atoms with Crippen LogP contribution < -0.4 is 10.5 Å². The van der Waals surface area contributed by atoms with Gasteiger partial charge in [0.25, 0.3) is 5.91 Å². The zero-order valence-corrected chi connectivity index (χ0v) is 18.9. The molecule has 0 saturated heterocycles. The second kappa shape index (κ2) is 8.38. The van der Waals surface area contributed by atoms with Gasteiger partial charge in [0.1, 0.15) is 17.0 Å². The van der Waals surface area contributed by atoms with Gasteiger partial charge in [-0.1, -0.05) is 18.2 Å². The summed E-state index contributed by atoms with van der Waals surface area (Å²) in [5.74, 6) is 0.103. The summed E-state index contributed by atoms with van der Waals surface area (Å²) in [6.07, 6.45) is -4.61. The predicted octanol–water partition coefficient (Wildman–Crippen LogP) is 4.84. The number of methoxy groups -OCH3 is 1. The molecule has 10 heteroatoms. The molecule has 0 bridgehead atoms. The van der Waals surface area contributed by atoms with E-state index in [9.17, 15) is 18.0 Å². The van der Waals surface area contributed by atoms with E-state index in [4.69, 9.17) is 14.9 Å². The second-order valence-corrected chi connectivity index (χ2v) is 8.27. The first-order chi connectivity index (χ1) is 16.7. The van der Waals surface area contributed by atoms with Crippen molar-refractivity contribution < 1.29 is 27.1 Å². The van der Waals surface area contributed by atoms with Gasteiger partial charge in [-0.25, -0.2) is 9.97 Å². The molecule has 1 aliphatic heterocycles. The maximum absolute atomic E-state index is 13.4. The van der Waals surface area contributed by atoms with Gasteiger partial charge in [-0.3, -0.25) is 4.79 Å². The summed E-state index contributed by atoms with van der Waals surface area (Å²) >= 11 is 0. The van der Waals surface area contributed by atoms with Crippen molar-refractivity contribution in [3.05, 3.63) is 76.3 Å². The lowest BCUT2D eigenvalue weighted by Gasteiger charge is -2.14. The number of oxazole rings is 1. The fourth-order valence-electron chi connectivity index (χ4n) is 4.36. The molecule has 0 unspecified atom stereocenters.